The van der Waals surface area contributed by atoms with E-state index in [0.29, 0.717) is 19.1 Å². The van der Waals surface area contributed by atoms with E-state index in [1.807, 2.05) is 0 Å². The maximum Gasteiger partial charge on any atom is 0.333 e. The zero-order valence-corrected chi connectivity index (χ0v) is 18.2. The summed E-state index contributed by atoms with van der Waals surface area (Å²) < 4.78 is 35.4. The van der Waals surface area contributed by atoms with Crippen molar-refractivity contribution < 1.29 is 17.9 Å². The van der Waals surface area contributed by atoms with Crippen LogP contribution in [-0.4, -0.2) is 35.8 Å². The SMILES string of the molecule is CC1CCc2c1nc1c(c2NC(=O)NS(=O)(=O)c2cnn3c2OCC2(CC2)C3)CCC1. The molecule has 1 unspecified atom stereocenters. The largest absolute Gasteiger partial charge is 0.476 e. The number of urea groups is 1. The summed E-state index contributed by atoms with van der Waals surface area (Å²) in [5.41, 5.74) is 5.00. The van der Waals surface area contributed by atoms with Crippen LogP contribution in [0.25, 0.3) is 0 Å². The van der Waals surface area contributed by atoms with E-state index < -0.39 is 16.1 Å². The molecule has 3 heterocycles. The molecule has 1 spiro atoms. The number of anilines is 1. The number of carbonyl (C=O) groups excluding carboxylic acids is 1. The molecule has 1 atom stereocenters. The predicted molar refractivity (Wildman–Crippen MR) is 112 cm³/mol. The molecule has 2 amide bonds. The Bertz CT molecular complexity index is 1210. The first-order valence-electron chi connectivity index (χ1n) is 10.9. The van der Waals surface area contributed by atoms with Crippen molar-refractivity contribution in [1.82, 2.24) is 19.5 Å². The molecule has 1 fully saturated rings. The van der Waals surface area contributed by atoms with Gasteiger partial charge >= 0.3 is 6.03 Å². The van der Waals surface area contributed by atoms with Crippen molar-refractivity contribution in [3.63, 3.8) is 0 Å². The highest BCUT2D eigenvalue weighted by Gasteiger charge is 2.48. The first-order chi connectivity index (χ1) is 14.9. The number of sulfonamides is 1. The van der Waals surface area contributed by atoms with Gasteiger partial charge in [-0.1, -0.05) is 6.92 Å². The Morgan fingerprint density at radius 1 is 1.26 bits per heavy atom. The molecular formula is C21H25N5O4S. The van der Waals surface area contributed by atoms with Gasteiger partial charge in [-0.25, -0.2) is 22.6 Å². The summed E-state index contributed by atoms with van der Waals surface area (Å²) in [4.78, 5) is 17.5. The van der Waals surface area contributed by atoms with Crippen LogP contribution in [0.1, 0.15) is 61.0 Å². The second-order valence-corrected chi connectivity index (χ2v) is 11.0. The number of hydrogen-bond acceptors (Lipinski definition) is 6. The Labute approximate surface area is 180 Å². The van der Waals surface area contributed by atoms with Crippen LogP contribution in [0.3, 0.4) is 0 Å². The van der Waals surface area contributed by atoms with E-state index >= 15 is 0 Å². The average Bonchev–Trinajstić information content (AvgIpc) is 3.09. The van der Waals surface area contributed by atoms with Gasteiger partial charge in [0.1, 0.15) is 0 Å². The van der Waals surface area contributed by atoms with Crippen LogP contribution in [0.2, 0.25) is 0 Å². The number of hydrogen-bond donors (Lipinski definition) is 2. The minimum Gasteiger partial charge on any atom is -0.476 e. The third-order valence-electron chi connectivity index (χ3n) is 7.12. The van der Waals surface area contributed by atoms with Gasteiger partial charge in [0.05, 0.1) is 25.0 Å². The third-order valence-corrected chi connectivity index (χ3v) is 8.44. The molecular weight excluding hydrogens is 418 g/mol. The standard InChI is InChI=1S/C21H25N5O4S/c1-12-5-6-14-17(12)23-15-4-2-3-13(15)18(14)24-20(27)25-31(28,29)16-9-22-26-10-21(7-8-21)11-30-19(16)26/h9,12H,2-8,10-11H2,1H3,(H2,23,24,25,27). The second kappa shape index (κ2) is 6.44. The summed E-state index contributed by atoms with van der Waals surface area (Å²) in [6.45, 7) is 3.28. The molecule has 9 nitrogen and oxygen atoms in total. The summed E-state index contributed by atoms with van der Waals surface area (Å²) in [6, 6.07) is -0.767. The Hall–Kier alpha value is -2.62. The molecule has 0 bridgehead atoms. The number of carbonyl (C=O) groups is 1. The summed E-state index contributed by atoms with van der Waals surface area (Å²) in [5.74, 6) is 0.552. The number of nitrogens with one attached hydrogen (secondary N) is 2. The molecule has 1 saturated carbocycles. The van der Waals surface area contributed by atoms with Crippen LogP contribution in [0.15, 0.2) is 11.1 Å². The number of pyridine rings is 1. The van der Waals surface area contributed by atoms with E-state index in [2.05, 4.69) is 22.1 Å². The molecule has 164 valence electrons. The fraction of sp³-hybridized carbons (Fsp3) is 0.571. The van der Waals surface area contributed by atoms with Gasteiger partial charge in [-0.05, 0) is 62.0 Å². The van der Waals surface area contributed by atoms with E-state index in [4.69, 9.17) is 9.72 Å². The number of amides is 2. The van der Waals surface area contributed by atoms with Crippen molar-refractivity contribution in [2.75, 3.05) is 11.9 Å². The first-order valence-corrected chi connectivity index (χ1v) is 12.4. The summed E-state index contributed by atoms with van der Waals surface area (Å²) in [7, 11) is -4.12. The highest BCUT2D eigenvalue weighted by atomic mass is 32.2. The molecule has 0 aromatic carbocycles. The maximum atomic E-state index is 12.9. The minimum atomic E-state index is -4.12. The average molecular weight is 444 g/mol. The number of ether oxygens (including phenoxy) is 1. The number of aromatic nitrogens is 3. The zero-order chi connectivity index (χ0) is 21.4. The second-order valence-electron chi connectivity index (χ2n) is 9.39. The Morgan fingerprint density at radius 3 is 2.90 bits per heavy atom. The monoisotopic (exact) mass is 443 g/mol. The summed E-state index contributed by atoms with van der Waals surface area (Å²) in [6.07, 6.45) is 7.95. The van der Waals surface area contributed by atoms with Crippen molar-refractivity contribution in [3.8, 4) is 5.88 Å². The van der Waals surface area contributed by atoms with Gasteiger partial charge in [-0.15, -0.1) is 0 Å². The van der Waals surface area contributed by atoms with Crippen LogP contribution in [-0.2, 0) is 35.8 Å². The first kappa shape index (κ1) is 19.1. The quantitative estimate of drug-likeness (QED) is 0.753. The van der Waals surface area contributed by atoms with Crippen LogP contribution in [0.4, 0.5) is 10.5 Å². The van der Waals surface area contributed by atoms with E-state index in [0.717, 1.165) is 73.1 Å². The van der Waals surface area contributed by atoms with Crippen molar-refractivity contribution >= 4 is 21.7 Å². The van der Waals surface area contributed by atoms with Crippen LogP contribution < -0.4 is 14.8 Å². The summed E-state index contributed by atoms with van der Waals surface area (Å²) >= 11 is 0. The number of fused-ring (bicyclic) bond motifs is 3. The maximum absolute atomic E-state index is 12.9. The number of nitrogens with zero attached hydrogens (tertiary/aromatic N) is 3. The summed E-state index contributed by atoms with van der Waals surface area (Å²) in [5, 5.41) is 7.03. The molecule has 2 N–H and O–H groups in total. The molecule has 6 rings (SSSR count). The molecule has 10 heteroatoms. The third kappa shape index (κ3) is 3.02. The van der Waals surface area contributed by atoms with E-state index in [-0.39, 0.29) is 16.2 Å². The lowest BCUT2D eigenvalue weighted by molar-refractivity contribution is 0.144. The Morgan fingerprint density at radius 2 is 2.10 bits per heavy atom. The lowest BCUT2D eigenvalue weighted by Gasteiger charge is -2.24. The van der Waals surface area contributed by atoms with E-state index in [1.54, 1.807) is 4.68 Å². The topological polar surface area (TPSA) is 115 Å². The van der Waals surface area contributed by atoms with Gasteiger partial charge in [-0.2, -0.15) is 5.10 Å². The molecule has 1 aliphatic heterocycles. The molecule has 4 aliphatic rings. The fourth-order valence-corrected chi connectivity index (χ4v) is 6.12. The van der Waals surface area contributed by atoms with Crippen LogP contribution in [0.5, 0.6) is 5.88 Å². The van der Waals surface area contributed by atoms with Crippen molar-refractivity contribution in [2.24, 2.45) is 5.41 Å². The van der Waals surface area contributed by atoms with Gasteiger partial charge in [0.2, 0.25) is 5.88 Å². The molecule has 31 heavy (non-hydrogen) atoms. The van der Waals surface area contributed by atoms with Crippen molar-refractivity contribution in [3.05, 3.63) is 28.7 Å². The Kier molecular flexibility index (Phi) is 3.97. The molecule has 2 aromatic heterocycles. The lowest BCUT2D eigenvalue weighted by Crippen LogP contribution is -2.35. The highest BCUT2D eigenvalue weighted by molar-refractivity contribution is 7.90. The smallest absolute Gasteiger partial charge is 0.333 e. The molecule has 2 aromatic rings. The van der Waals surface area contributed by atoms with Gasteiger partial charge in [-0.3, -0.25) is 4.98 Å². The van der Waals surface area contributed by atoms with Gasteiger partial charge in [0.25, 0.3) is 10.0 Å². The highest BCUT2D eigenvalue weighted by Crippen LogP contribution is 2.50. The van der Waals surface area contributed by atoms with Gasteiger partial charge in [0.15, 0.2) is 4.90 Å². The normalized spacial score (nSPS) is 22.4. The van der Waals surface area contributed by atoms with Crippen LogP contribution >= 0.6 is 0 Å². The fourth-order valence-electron chi connectivity index (χ4n) is 5.13. The molecule has 0 radical (unpaired) electrons. The molecule has 3 aliphatic carbocycles. The zero-order valence-electron chi connectivity index (χ0n) is 17.4. The minimum absolute atomic E-state index is 0.100. The van der Waals surface area contributed by atoms with Crippen molar-refractivity contribution in [2.45, 2.75) is 69.2 Å². The van der Waals surface area contributed by atoms with Gasteiger partial charge in [0, 0.05) is 16.8 Å². The van der Waals surface area contributed by atoms with Gasteiger partial charge < -0.3 is 10.1 Å². The van der Waals surface area contributed by atoms with E-state index in [1.165, 1.54) is 6.20 Å². The van der Waals surface area contributed by atoms with Crippen LogP contribution in [0, 0.1) is 5.41 Å². The van der Waals surface area contributed by atoms with E-state index in [9.17, 15) is 13.2 Å². The predicted octanol–water partition coefficient (Wildman–Crippen LogP) is 2.50. The molecule has 0 saturated heterocycles. The van der Waals surface area contributed by atoms with Crippen molar-refractivity contribution in [1.29, 1.82) is 0 Å². The number of aryl methyl sites for hydroxylation is 1. The lowest BCUT2D eigenvalue weighted by atomic mass is 10.0. The Balaban J connectivity index is 1.26. The number of rotatable bonds is 3.